The van der Waals surface area contributed by atoms with Gasteiger partial charge in [-0.25, -0.2) is 0 Å². The highest BCUT2D eigenvalue weighted by Gasteiger charge is 2.40. The molecule has 0 unspecified atom stereocenters. The van der Waals surface area contributed by atoms with Crippen LogP contribution in [0.4, 0.5) is 26.3 Å². The van der Waals surface area contributed by atoms with Crippen molar-refractivity contribution in [1.82, 2.24) is 4.57 Å². The lowest BCUT2D eigenvalue weighted by Gasteiger charge is -2.17. The van der Waals surface area contributed by atoms with Gasteiger partial charge in [0, 0.05) is 27.6 Å². The van der Waals surface area contributed by atoms with Crippen molar-refractivity contribution in [3.8, 4) is 39.1 Å². The molecule has 7 aromatic rings. The summed E-state index contributed by atoms with van der Waals surface area (Å²) in [6.45, 7) is 1.80. The molecule has 248 valence electrons. The molecule has 0 N–H and O–H groups in total. The number of hydrogen-bond donors (Lipinski definition) is 0. The van der Waals surface area contributed by atoms with E-state index >= 15 is 0 Å². The summed E-state index contributed by atoms with van der Waals surface area (Å²) in [4.78, 5) is 23.7. The fraction of sp³-hybridized carbons (Fsp3) is 0.0732. The number of benzene rings is 6. The molecule has 6 aromatic carbocycles. The number of nitrogens with zero attached hydrogens (tertiary/aromatic N) is 1. The molecule has 7 rings (SSSR count). The van der Waals surface area contributed by atoms with Crippen LogP contribution in [0.2, 0.25) is 0 Å². The molecule has 0 aliphatic carbocycles. The molecule has 1 aromatic heterocycles. The number of halogens is 6. The maximum Gasteiger partial charge on any atom is 0.454 e. The van der Waals surface area contributed by atoms with Crippen molar-refractivity contribution >= 4 is 33.4 Å². The maximum atomic E-state index is 13.1. The van der Waals surface area contributed by atoms with E-state index in [1.807, 2.05) is 60.7 Å². The van der Waals surface area contributed by atoms with Gasteiger partial charge in [-0.3, -0.25) is 9.59 Å². The van der Waals surface area contributed by atoms with Gasteiger partial charge in [-0.15, -0.1) is 0 Å². The van der Waals surface area contributed by atoms with E-state index < -0.39 is 35.0 Å². The molecule has 0 bridgehead atoms. The van der Waals surface area contributed by atoms with Gasteiger partial charge in [-0.05, 0) is 82.3 Å². The van der Waals surface area contributed by atoms with Gasteiger partial charge in [0.15, 0.2) is 0 Å². The van der Waals surface area contributed by atoms with Crippen molar-refractivity contribution in [2.75, 3.05) is 0 Å². The second-order valence-electron chi connectivity index (χ2n) is 11.9. The summed E-state index contributed by atoms with van der Waals surface area (Å²) >= 11 is 0. The van der Waals surface area contributed by atoms with Gasteiger partial charge in [-0.1, -0.05) is 97.1 Å². The summed E-state index contributed by atoms with van der Waals surface area (Å²) in [5.41, 5.74) is 6.62. The number of para-hydroxylation sites is 2. The molecule has 0 saturated carbocycles. The van der Waals surface area contributed by atoms with Crippen LogP contribution in [-0.2, 0) is 0 Å². The SMILES string of the molecule is Cc1c(-c2ccc(C(=O)C(F)(F)F)cc2)cc(-c2ccc(-n3c4ccccc4c4ccccc43)cc2)cc1-c1ccc(C(=O)C(F)(F)F)cc1. The first-order valence-electron chi connectivity index (χ1n) is 15.5. The molecular formula is C41H25F6NO2. The van der Waals surface area contributed by atoms with Crippen molar-refractivity contribution in [2.24, 2.45) is 0 Å². The van der Waals surface area contributed by atoms with Crippen LogP contribution in [0.25, 0.3) is 60.9 Å². The van der Waals surface area contributed by atoms with E-state index in [1.165, 1.54) is 24.3 Å². The standard InChI is InChI=1S/C41H25F6NO2/c1-24-34(26-10-14-28(15-11-26)38(49)40(42,43)44)22-30(23-35(24)27-12-16-29(17-13-27)39(50)41(45,46)47)25-18-20-31(21-19-25)48-36-8-4-2-6-32(36)33-7-3-5-9-37(33)48/h2-23H,1H3. The summed E-state index contributed by atoms with van der Waals surface area (Å²) in [5, 5.41) is 2.23. The fourth-order valence-electron chi connectivity index (χ4n) is 6.41. The van der Waals surface area contributed by atoms with Crippen LogP contribution >= 0.6 is 0 Å². The first-order chi connectivity index (χ1) is 23.8. The van der Waals surface area contributed by atoms with Crippen molar-refractivity contribution in [3.63, 3.8) is 0 Å². The number of ketones is 2. The highest BCUT2D eigenvalue weighted by molar-refractivity contribution is 6.09. The van der Waals surface area contributed by atoms with Crippen LogP contribution in [0.5, 0.6) is 0 Å². The third-order valence-corrected chi connectivity index (χ3v) is 8.88. The van der Waals surface area contributed by atoms with Gasteiger partial charge in [0.05, 0.1) is 11.0 Å². The number of rotatable bonds is 6. The summed E-state index contributed by atoms with van der Waals surface area (Å²) < 4.78 is 80.7. The quantitative estimate of drug-likeness (QED) is 0.130. The van der Waals surface area contributed by atoms with Crippen molar-refractivity contribution in [1.29, 1.82) is 0 Å². The van der Waals surface area contributed by atoms with E-state index in [4.69, 9.17) is 0 Å². The Morgan fingerprint density at radius 2 is 0.860 bits per heavy atom. The minimum Gasteiger partial charge on any atom is -0.309 e. The molecule has 0 spiro atoms. The van der Waals surface area contributed by atoms with Crippen molar-refractivity contribution in [2.45, 2.75) is 19.3 Å². The van der Waals surface area contributed by atoms with Crippen LogP contribution in [0.3, 0.4) is 0 Å². The number of aromatic nitrogens is 1. The third kappa shape index (κ3) is 5.85. The molecule has 0 atom stereocenters. The van der Waals surface area contributed by atoms with E-state index in [0.29, 0.717) is 27.8 Å². The molecule has 50 heavy (non-hydrogen) atoms. The average molecular weight is 678 g/mol. The lowest BCUT2D eigenvalue weighted by atomic mass is 9.88. The Morgan fingerprint density at radius 1 is 0.480 bits per heavy atom. The average Bonchev–Trinajstić information content (AvgIpc) is 3.45. The molecule has 0 aliphatic rings. The van der Waals surface area contributed by atoms with E-state index in [1.54, 1.807) is 6.92 Å². The van der Waals surface area contributed by atoms with E-state index in [2.05, 4.69) is 28.8 Å². The predicted octanol–water partition coefficient (Wildman–Crippen LogP) is 11.6. The first kappa shape index (κ1) is 32.6. The van der Waals surface area contributed by atoms with Crippen LogP contribution in [0.1, 0.15) is 26.3 Å². The minimum absolute atomic E-state index is 0.499. The lowest BCUT2D eigenvalue weighted by molar-refractivity contribution is -0.0888. The monoisotopic (exact) mass is 677 g/mol. The molecule has 0 amide bonds. The second kappa shape index (κ2) is 12.2. The normalized spacial score (nSPS) is 12.1. The van der Waals surface area contributed by atoms with E-state index in [-0.39, 0.29) is 0 Å². The Balaban J connectivity index is 1.34. The van der Waals surface area contributed by atoms with E-state index in [9.17, 15) is 35.9 Å². The van der Waals surface area contributed by atoms with Crippen LogP contribution in [0.15, 0.2) is 133 Å². The van der Waals surface area contributed by atoms with E-state index in [0.717, 1.165) is 62.9 Å². The molecular weight excluding hydrogens is 652 g/mol. The number of carbonyl (C=O) groups excluding carboxylic acids is 2. The predicted molar refractivity (Wildman–Crippen MR) is 183 cm³/mol. The number of hydrogen-bond acceptors (Lipinski definition) is 2. The van der Waals surface area contributed by atoms with Gasteiger partial charge >= 0.3 is 12.4 Å². The second-order valence-corrected chi connectivity index (χ2v) is 11.9. The van der Waals surface area contributed by atoms with Gasteiger partial charge in [-0.2, -0.15) is 26.3 Å². The molecule has 0 radical (unpaired) electrons. The Morgan fingerprint density at radius 3 is 1.26 bits per heavy atom. The third-order valence-electron chi connectivity index (χ3n) is 8.88. The van der Waals surface area contributed by atoms with Gasteiger partial charge < -0.3 is 4.57 Å². The number of carbonyl (C=O) groups is 2. The van der Waals surface area contributed by atoms with Crippen molar-refractivity contribution in [3.05, 3.63) is 150 Å². The summed E-state index contributed by atoms with van der Waals surface area (Å²) in [7, 11) is 0. The zero-order valence-corrected chi connectivity index (χ0v) is 26.2. The Labute approximate surface area is 282 Å². The van der Waals surface area contributed by atoms with Crippen LogP contribution in [0, 0.1) is 6.92 Å². The van der Waals surface area contributed by atoms with Crippen LogP contribution < -0.4 is 0 Å². The number of fused-ring (bicyclic) bond motifs is 3. The van der Waals surface area contributed by atoms with Gasteiger partial charge in [0.1, 0.15) is 0 Å². The first-order valence-corrected chi connectivity index (χ1v) is 15.5. The van der Waals surface area contributed by atoms with Crippen molar-refractivity contribution < 1.29 is 35.9 Å². The topological polar surface area (TPSA) is 39.1 Å². The highest BCUT2D eigenvalue weighted by atomic mass is 19.4. The van der Waals surface area contributed by atoms with Gasteiger partial charge in [0.2, 0.25) is 0 Å². The zero-order valence-electron chi connectivity index (χ0n) is 26.2. The minimum atomic E-state index is -5.02. The molecule has 0 aliphatic heterocycles. The fourth-order valence-corrected chi connectivity index (χ4v) is 6.41. The van der Waals surface area contributed by atoms with Gasteiger partial charge in [0.25, 0.3) is 11.6 Å². The Kier molecular flexibility index (Phi) is 7.93. The maximum absolute atomic E-state index is 13.1. The summed E-state index contributed by atoms with van der Waals surface area (Å²) in [6, 6.07) is 38.1. The summed E-state index contributed by atoms with van der Waals surface area (Å²) in [6.07, 6.45) is -10.0. The molecule has 0 fully saturated rings. The Bertz CT molecular complexity index is 2280. The summed E-state index contributed by atoms with van der Waals surface area (Å²) in [5.74, 6) is -3.90. The lowest BCUT2D eigenvalue weighted by Crippen LogP contribution is -2.22. The van der Waals surface area contributed by atoms with Crippen LogP contribution in [-0.4, -0.2) is 28.5 Å². The zero-order chi connectivity index (χ0) is 35.4. The molecule has 3 nitrogen and oxygen atoms in total. The molecule has 0 saturated heterocycles. The number of alkyl halides is 6. The molecule has 1 heterocycles. The smallest absolute Gasteiger partial charge is 0.309 e. The largest absolute Gasteiger partial charge is 0.454 e. The highest BCUT2D eigenvalue weighted by Crippen LogP contribution is 2.39. The molecule has 9 heteroatoms. The Hall–Kier alpha value is -5.96. The number of Topliss-reactive ketones (excluding diaryl/α,β-unsaturated/α-hetero) is 2.